The van der Waals surface area contributed by atoms with Gasteiger partial charge in [-0.3, -0.25) is 4.79 Å². The van der Waals surface area contributed by atoms with E-state index in [2.05, 4.69) is 15.9 Å². The van der Waals surface area contributed by atoms with Crippen LogP contribution < -0.4 is 5.56 Å². The predicted molar refractivity (Wildman–Crippen MR) is 56.9 cm³/mol. The third kappa shape index (κ3) is 4.74. The van der Waals surface area contributed by atoms with Crippen LogP contribution in [0.4, 0.5) is 13.2 Å². The standard InChI is InChI=1S/C8H7BrF3NOS/c9-6-1-2-7(14)13(5-6)3-4-15-8(10,11)12/h1-2,5H,3-4H2. The average molecular weight is 302 g/mol. The number of thioether (sulfide) groups is 1. The van der Waals surface area contributed by atoms with Crippen molar-refractivity contribution in [3.8, 4) is 0 Å². The lowest BCUT2D eigenvalue weighted by Crippen LogP contribution is -2.20. The van der Waals surface area contributed by atoms with E-state index in [0.717, 1.165) is 0 Å². The van der Waals surface area contributed by atoms with Crippen molar-refractivity contribution < 1.29 is 13.2 Å². The first-order valence-electron chi connectivity index (χ1n) is 3.95. The van der Waals surface area contributed by atoms with E-state index in [1.165, 1.54) is 16.8 Å². The van der Waals surface area contributed by atoms with Gasteiger partial charge in [-0.1, -0.05) is 0 Å². The number of rotatable bonds is 3. The molecule has 84 valence electrons. The summed E-state index contributed by atoms with van der Waals surface area (Å²) in [6, 6.07) is 2.86. The summed E-state index contributed by atoms with van der Waals surface area (Å²) in [6.07, 6.45) is 1.47. The molecule has 7 heteroatoms. The molecule has 0 aliphatic carbocycles. The van der Waals surface area contributed by atoms with Crippen LogP contribution >= 0.6 is 27.7 Å². The number of hydrogen-bond donors (Lipinski definition) is 0. The maximum atomic E-state index is 11.8. The molecule has 1 rings (SSSR count). The van der Waals surface area contributed by atoms with E-state index >= 15 is 0 Å². The van der Waals surface area contributed by atoms with Crippen molar-refractivity contribution in [3.05, 3.63) is 33.2 Å². The Labute approximate surface area is 96.6 Å². The average Bonchev–Trinajstić information content (AvgIpc) is 2.09. The van der Waals surface area contributed by atoms with E-state index in [4.69, 9.17) is 0 Å². The first kappa shape index (κ1) is 12.6. The Balaban J connectivity index is 2.58. The quantitative estimate of drug-likeness (QED) is 0.856. The highest BCUT2D eigenvalue weighted by atomic mass is 79.9. The van der Waals surface area contributed by atoms with Crippen LogP contribution in [0.5, 0.6) is 0 Å². The second kappa shape index (κ2) is 5.07. The fourth-order valence-corrected chi connectivity index (χ4v) is 1.84. The number of halogens is 4. The highest BCUT2D eigenvalue weighted by Gasteiger charge is 2.27. The summed E-state index contributed by atoms with van der Waals surface area (Å²) in [5, 5.41) is 0. The van der Waals surface area contributed by atoms with Crippen LogP contribution in [0.15, 0.2) is 27.6 Å². The molecule has 0 aromatic carbocycles. The number of aromatic nitrogens is 1. The molecule has 1 aromatic heterocycles. The van der Waals surface area contributed by atoms with E-state index in [-0.39, 0.29) is 29.6 Å². The van der Waals surface area contributed by atoms with Gasteiger partial charge in [-0.05, 0) is 33.8 Å². The Morgan fingerprint density at radius 2 is 2.07 bits per heavy atom. The van der Waals surface area contributed by atoms with E-state index in [9.17, 15) is 18.0 Å². The molecule has 0 saturated carbocycles. The van der Waals surface area contributed by atoms with Gasteiger partial charge >= 0.3 is 5.51 Å². The van der Waals surface area contributed by atoms with E-state index in [1.807, 2.05) is 0 Å². The molecule has 1 aromatic rings. The minimum atomic E-state index is -4.24. The van der Waals surface area contributed by atoms with Crippen LogP contribution in [0.1, 0.15) is 0 Å². The van der Waals surface area contributed by atoms with Gasteiger partial charge in [-0.25, -0.2) is 0 Å². The Kier molecular flexibility index (Phi) is 4.27. The first-order valence-corrected chi connectivity index (χ1v) is 5.73. The summed E-state index contributed by atoms with van der Waals surface area (Å²) in [5.74, 6) is -0.167. The fraction of sp³-hybridized carbons (Fsp3) is 0.375. The molecule has 2 nitrogen and oxygen atoms in total. The van der Waals surface area contributed by atoms with Gasteiger partial charge in [-0.15, -0.1) is 0 Å². The second-order valence-electron chi connectivity index (χ2n) is 2.67. The third-order valence-corrected chi connectivity index (χ3v) is 2.73. The zero-order valence-corrected chi connectivity index (χ0v) is 9.82. The molecule has 0 unspecified atom stereocenters. The largest absolute Gasteiger partial charge is 0.441 e. The van der Waals surface area contributed by atoms with Gasteiger partial charge in [-0.2, -0.15) is 13.2 Å². The normalized spacial score (nSPS) is 11.7. The Bertz CT molecular complexity index is 390. The van der Waals surface area contributed by atoms with Gasteiger partial charge in [0.15, 0.2) is 0 Å². The van der Waals surface area contributed by atoms with Crippen LogP contribution in [0.2, 0.25) is 0 Å². The van der Waals surface area contributed by atoms with Crippen LogP contribution in [0.3, 0.4) is 0 Å². The molecule has 0 aliphatic heterocycles. The lowest BCUT2D eigenvalue weighted by Gasteiger charge is -2.07. The topological polar surface area (TPSA) is 22.0 Å². The second-order valence-corrected chi connectivity index (χ2v) is 4.75. The highest BCUT2D eigenvalue weighted by molar-refractivity contribution is 9.10. The highest BCUT2D eigenvalue weighted by Crippen LogP contribution is 2.29. The van der Waals surface area contributed by atoms with Gasteiger partial charge in [0, 0.05) is 29.0 Å². The van der Waals surface area contributed by atoms with Crippen molar-refractivity contribution in [2.75, 3.05) is 5.75 Å². The predicted octanol–water partition coefficient (Wildman–Crippen LogP) is 2.86. The van der Waals surface area contributed by atoms with Gasteiger partial charge < -0.3 is 4.57 Å². The number of hydrogen-bond acceptors (Lipinski definition) is 2. The van der Waals surface area contributed by atoms with Crippen LogP contribution in [-0.4, -0.2) is 15.8 Å². The first-order chi connectivity index (χ1) is 6.88. The summed E-state index contributed by atoms with van der Waals surface area (Å²) < 4.78 is 37.3. The smallest absolute Gasteiger partial charge is 0.314 e. The SMILES string of the molecule is O=c1ccc(Br)cn1CCSC(F)(F)F. The molecule has 0 aliphatic rings. The van der Waals surface area contributed by atoms with Crippen molar-refractivity contribution in [1.82, 2.24) is 4.57 Å². The third-order valence-electron chi connectivity index (χ3n) is 1.55. The lowest BCUT2D eigenvalue weighted by molar-refractivity contribution is -0.0328. The summed E-state index contributed by atoms with van der Waals surface area (Å²) in [6.45, 7) is 0.0441. The molecule has 15 heavy (non-hydrogen) atoms. The summed E-state index contributed by atoms with van der Waals surface area (Å²) in [4.78, 5) is 11.2. The molecule has 0 amide bonds. The molecule has 0 fully saturated rings. The van der Waals surface area contributed by atoms with Crippen molar-refractivity contribution in [2.45, 2.75) is 12.1 Å². The zero-order valence-electron chi connectivity index (χ0n) is 7.42. The fourth-order valence-electron chi connectivity index (χ4n) is 0.937. The molecule has 0 radical (unpaired) electrons. The van der Waals surface area contributed by atoms with E-state index < -0.39 is 5.51 Å². The van der Waals surface area contributed by atoms with Crippen molar-refractivity contribution in [2.24, 2.45) is 0 Å². The molecule has 0 saturated heterocycles. The van der Waals surface area contributed by atoms with E-state index in [1.54, 1.807) is 6.07 Å². The summed E-state index contributed by atoms with van der Waals surface area (Å²) in [7, 11) is 0. The Morgan fingerprint density at radius 1 is 1.40 bits per heavy atom. The maximum Gasteiger partial charge on any atom is 0.441 e. The lowest BCUT2D eigenvalue weighted by atomic mass is 10.5. The van der Waals surface area contributed by atoms with Crippen molar-refractivity contribution in [3.63, 3.8) is 0 Å². The molecule has 0 N–H and O–H groups in total. The van der Waals surface area contributed by atoms with Crippen molar-refractivity contribution >= 4 is 27.7 Å². The number of aryl methyl sites for hydroxylation is 1. The van der Waals surface area contributed by atoms with Gasteiger partial charge in [0.2, 0.25) is 0 Å². The van der Waals surface area contributed by atoms with Crippen LogP contribution in [0.25, 0.3) is 0 Å². The minimum Gasteiger partial charge on any atom is -0.314 e. The van der Waals surface area contributed by atoms with Gasteiger partial charge in [0.05, 0.1) is 0 Å². The van der Waals surface area contributed by atoms with Gasteiger partial charge in [0.1, 0.15) is 0 Å². The van der Waals surface area contributed by atoms with Gasteiger partial charge in [0.25, 0.3) is 5.56 Å². The number of alkyl halides is 3. The summed E-state index contributed by atoms with van der Waals surface area (Å²) in [5.41, 5.74) is -4.55. The molecular formula is C8H7BrF3NOS. The Hall–Kier alpha value is -0.430. The number of pyridine rings is 1. The summed E-state index contributed by atoms with van der Waals surface area (Å²) >= 11 is 3.01. The molecule has 0 bridgehead atoms. The minimum absolute atomic E-state index is 0.0441. The van der Waals surface area contributed by atoms with Crippen LogP contribution in [-0.2, 0) is 6.54 Å². The Morgan fingerprint density at radius 3 is 2.67 bits per heavy atom. The van der Waals surface area contributed by atoms with Crippen LogP contribution in [0, 0.1) is 0 Å². The number of nitrogens with zero attached hydrogens (tertiary/aromatic N) is 1. The maximum absolute atomic E-state index is 11.8. The molecular weight excluding hydrogens is 295 g/mol. The molecule has 1 heterocycles. The monoisotopic (exact) mass is 301 g/mol. The molecule has 0 atom stereocenters. The molecule has 0 spiro atoms. The van der Waals surface area contributed by atoms with E-state index in [0.29, 0.717) is 4.47 Å². The zero-order chi connectivity index (χ0) is 11.5. The van der Waals surface area contributed by atoms with Crippen molar-refractivity contribution in [1.29, 1.82) is 0 Å².